The normalized spacial score (nSPS) is 24.1. The molecule has 2 aromatic rings. The summed E-state index contributed by atoms with van der Waals surface area (Å²) in [5, 5.41) is 7.24. The predicted octanol–water partition coefficient (Wildman–Crippen LogP) is 3.24. The Labute approximate surface area is 200 Å². The minimum absolute atomic E-state index is 0.0412. The van der Waals surface area contributed by atoms with E-state index in [4.69, 9.17) is 4.74 Å². The number of benzene rings is 1. The molecule has 1 aromatic heterocycles. The molecule has 0 radical (unpaired) electrons. The molecule has 1 saturated heterocycles. The zero-order chi connectivity index (χ0) is 24.1. The van der Waals surface area contributed by atoms with Gasteiger partial charge < -0.3 is 20.2 Å². The second kappa shape index (κ2) is 10.7. The number of carbonyl (C=O) groups is 3. The molecular formula is C27H31N3O4. The maximum Gasteiger partial charge on any atom is 0.251 e. The molecule has 2 fully saturated rings. The highest BCUT2D eigenvalue weighted by Gasteiger charge is 2.31. The fourth-order valence-electron chi connectivity index (χ4n) is 4.83. The third-order valence-electron chi connectivity index (χ3n) is 7.00. The first-order valence-electron chi connectivity index (χ1n) is 12.1. The van der Waals surface area contributed by atoms with Crippen LogP contribution < -0.4 is 15.4 Å². The highest BCUT2D eigenvalue weighted by atomic mass is 16.5. The van der Waals surface area contributed by atoms with Crippen LogP contribution in [-0.2, 0) is 9.59 Å². The molecule has 178 valence electrons. The molecule has 2 heterocycles. The van der Waals surface area contributed by atoms with E-state index in [9.17, 15) is 14.4 Å². The molecule has 0 spiro atoms. The quantitative estimate of drug-likeness (QED) is 0.508. The second-order valence-electron chi connectivity index (χ2n) is 9.19. The highest BCUT2D eigenvalue weighted by molar-refractivity contribution is 6.01. The summed E-state index contributed by atoms with van der Waals surface area (Å²) < 4.78 is 6.08. The molecule has 2 atom stereocenters. The Kier molecular flexibility index (Phi) is 7.46. The first-order chi connectivity index (χ1) is 16.5. The Morgan fingerprint density at radius 2 is 2.06 bits per heavy atom. The molecule has 1 aliphatic carbocycles. The van der Waals surface area contributed by atoms with Crippen LogP contribution in [0.4, 0.5) is 0 Å². The number of amides is 2. The maximum atomic E-state index is 12.3. The van der Waals surface area contributed by atoms with E-state index in [2.05, 4.69) is 34.4 Å². The summed E-state index contributed by atoms with van der Waals surface area (Å²) in [6.07, 6.45) is 7.77. The van der Waals surface area contributed by atoms with Gasteiger partial charge in [0.15, 0.2) is 0 Å². The van der Waals surface area contributed by atoms with Crippen LogP contribution in [0.1, 0.15) is 61.4 Å². The number of pyridine rings is 1. The summed E-state index contributed by atoms with van der Waals surface area (Å²) in [4.78, 5) is 39.6. The van der Waals surface area contributed by atoms with Crippen molar-refractivity contribution >= 4 is 28.9 Å². The number of hydrogen-bond acceptors (Lipinski definition) is 5. The van der Waals surface area contributed by atoms with Gasteiger partial charge >= 0.3 is 0 Å². The van der Waals surface area contributed by atoms with Crippen molar-refractivity contribution in [3.05, 3.63) is 35.5 Å². The molecule has 2 aliphatic rings. The van der Waals surface area contributed by atoms with E-state index in [1.165, 1.54) is 0 Å². The number of nitrogens with one attached hydrogen (secondary N) is 2. The van der Waals surface area contributed by atoms with Gasteiger partial charge in [-0.3, -0.25) is 9.59 Å². The van der Waals surface area contributed by atoms with Gasteiger partial charge in [0.25, 0.3) is 5.91 Å². The smallest absolute Gasteiger partial charge is 0.251 e. The first-order valence-corrected chi connectivity index (χ1v) is 12.1. The molecular weight excluding hydrogens is 430 g/mol. The number of aromatic nitrogens is 1. The Morgan fingerprint density at radius 3 is 2.76 bits per heavy atom. The van der Waals surface area contributed by atoms with Gasteiger partial charge in [-0.05, 0) is 49.8 Å². The SMILES string of the molecule is CC[C@@H]1CC(=O)NC1COc1ncc(C#CC2CCC(C=O)CC2)c2cc(C(=O)NC)ccc12. The van der Waals surface area contributed by atoms with Crippen LogP contribution in [0.25, 0.3) is 10.8 Å². The van der Waals surface area contributed by atoms with Crippen molar-refractivity contribution in [2.75, 3.05) is 13.7 Å². The molecule has 34 heavy (non-hydrogen) atoms. The van der Waals surface area contributed by atoms with Gasteiger partial charge in [-0.2, -0.15) is 0 Å². The lowest BCUT2D eigenvalue weighted by Crippen LogP contribution is -2.34. The number of aldehydes is 1. The third kappa shape index (κ3) is 5.22. The summed E-state index contributed by atoms with van der Waals surface area (Å²) in [7, 11) is 1.60. The van der Waals surface area contributed by atoms with E-state index in [0.717, 1.165) is 54.7 Å². The summed E-state index contributed by atoms with van der Waals surface area (Å²) in [6.45, 7) is 2.42. The van der Waals surface area contributed by atoms with Gasteiger partial charge in [0.05, 0.1) is 11.6 Å². The zero-order valence-corrected chi connectivity index (χ0v) is 19.7. The summed E-state index contributed by atoms with van der Waals surface area (Å²) >= 11 is 0. The lowest BCUT2D eigenvalue weighted by molar-refractivity contribution is -0.119. The van der Waals surface area contributed by atoms with Gasteiger partial charge in [-0.15, -0.1) is 0 Å². The average Bonchev–Trinajstić information content (AvgIpc) is 3.25. The van der Waals surface area contributed by atoms with Crippen LogP contribution in [0.15, 0.2) is 24.4 Å². The van der Waals surface area contributed by atoms with Gasteiger partial charge in [-0.1, -0.05) is 25.2 Å². The number of carbonyl (C=O) groups excluding carboxylic acids is 3. The molecule has 0 bridgehead atoms. The van der Waals surface area contributed by atoms with Crippen molar-refractivity contribution in [2.24, 2.45) is 17.8 Å². The Hall–Kier alpha value is -3.40. The predicted molar refractivity (Wildman–Crippen MR) is 129 cm³/mol. The largest absolute Gasteiger partial charge is 0.475 e. The monoisotopic (exact) mass is 461 g/mol. The first kappa shape index (κ1) is 23.7. The Balaban J connectivity index is 1.61. The molecule has 7 heteroatoms. The Morgan fingerprint density at radius 1 is 1.26 bits per heavy atom. The molecule has 1 aliphatic heterocycles. The number of rotatable bonds is 6. The van der Waals surface area contributed by atoms with Crippen molar-refractivity contribution in [1.82, 2.24) is 15.6 Å². The van der Waals surface area contributed by atoms with E-state index in [0.29, 0.717) is 24.5 Å². The van der Waals surface area contributed by atoms with E-state index < -0.39 is 0 Å². The number of hydrogen-bond donors (Lipinski definition) is 2. The van der Waals surface area contributed by atoms with Crippen LogP contribution in [0, 0.1) is 29.6 Å². The van der Waals surface area contributed by atoms with E-state index in [1.807, 2.05) is 12.1 Å². The van der Waals surface area contributed by atoms with Crippen LogP contribution in [0.3, 0.4) is 0 Å². The molecule has 1 unspecified atom stereocenters. The van der Waals surface area contributed by atoms with Crippen LogP contribution in [0.2, 0.25) is 0 Å². The van der Waals surface area contributed by atoms with Gasteiger partial charge in [0, 0.05) is 47.8 Å². The Bertz CT molecular complexity index is 1140. The minimum atomic E-state index is -0.174. The molecule has 1 saturated carbocycles. The van der Waals surface area contributed by atoms with Crippen molar-refractivity contribution in [1.29, 1.82) is 0 Å². The van der Waals surface area contributed by atoms with Crippen molar-refractivity contribution < 1.29 is 19.1 Å². The second-order valence-corrected chi connectivity index (χ2v) is 9.19. The van der Waals surface area contributed by atoms with Gasteiger partial charge in [0.1, 0.15) is 12.9 Å². The molecule has 2 N–H and O–H groups in total. The number of fused-ring (bicyclic) bond motifs is 1. The van der Waals surface area contributed by atoms with Crippen molar-refractivity contribution in [3.8, 4) is 17.7 Å². The molecule has 4 rings (SSSR count). The van der Waals surface area contributed by atoms with Crippen molar-refractivity contribution in [2.45, 2.75) is 51.5 Å². The van der Waals surface area contributed by atoms with E-state index in [1.54, 1.807) is 19.3 Å². The average molecular weight is 462 g/mol. The highest BCUT2D eigenvalue weighted by Crippen LogP contribution is 2.30. The van der Waals surface area contributed by atoms with E-state index >= 15 is 0 Å². The summed E-state index contributed by atoms with van der Waals surface area (Å²) in [5.74, 6) is 7.64. The number of ether oxygens (including phenoxy) is 1. The van der Waals surface area contributed by atoms with Crippen LogP contribution in [0.5, 0.6) is 5.88 Å². The van der Waals surface area contributed by atoms with Crippen molar-refractivity contribution in [3.63, 3.8) is 0 Å². The van der Waals surface area contributed by atoms with Crippen LogP contribution >= 0.6 is 0 Å². The standard InChI is InChI=1S/C27H31N3O4/c1-3-19-13-25(32)30-24(19)16-34-27-22-11-10-20(26(33)28-2)12-23(22)21(14-29-27)9-8-17-4-6-18(15-31)7-5-17/h10-12,14-15,17-19,24H,3-7,13,16H2,1-2H3,(H,28,33)(H,30,32)/t17?,18?,19-,24?/m1/s1. The molecule has 1 aromatic carbocycles. The third-order valence-corrected chi connectivity index (χ3v) is 7.00. The fraction of sp³-hybridized carbons (Fsp3) is 0.481. The van der Waals surface area contributed by atoms with Crippen LogP contribution in [-0.4, -0.2) is 42.8 Å². The lowest BCUT2D eigenvalue weighted by atomic mass is 9.83. The summed E-state index contributed by atoms with van der Waals surface area (Å²) in [6, 6.07) is 5.37. The lowest BCUT2D eigenvalue weighted by Gasteiger charge is -2.21. The fourth-order valence-corrected chi connectivity index (χ4v) is 4.83. The molecule has 7 nitrogen and oxygen atoms in total. The summed E-state index contributed by atoms with van der Waals surface area (Å²) in [5.41, 5.74) is 1.28. The topological polar surface area (TPSA) is 97.4 Å². The maximum absolute atomic E-state index is 12.3. The molecule has 2 amide bonds. The zero-order valence-electron chi connectivity index (χ0n) is 19.7. The number of nitrogens with zero attached hydrogens (tertiary/aromatic N) is 1. The van der Waals surface area contributed by atoms with Gasteiger partial charge in [-0.25, -0.2) is 4.98 Å². The van der Waals surface area contributed by atoms with Gasteiger partial charge in [0.2, 0.25) is 11.8 Å². The minimum Gasteiger partial charge on any atom is -0.475 e. The van der Waals surface area contributed by atoms with E-state index in [-0.39, 0.29) is 35.6 Å².